The van der Waals surface area contributed by atoms with Crippen molar-refractivity contribution in [3.05, 3.63) is 30.1 Å². The monoisotopic (exact) mass is 263 g/mol. The Labute approximate surface area is 113 Å². The van der Waals surface area contributed by atoms with Gasteiger partial charge in [0.15, 0.2) is 0 Å². The molecule has 1 spiro atoms. The Morgan fingerprint density at radius 1 is 1.32 bits per heavy atom. The number of morpholine rings is 1. The molecule has 0 bridgehead atoms. The summed E-state index contributed by atoms with van der Waals surface area (Å²) in [7, 11) is 0. The van der Waals surface area contributed by atoms with Gasteiger partial charge in [0.2, 0.25) is 0 Å². The van der Waals surface area contributed by atoms with Crippen molar-refractivity contribution in [1.82, 2.24) is 15.2 Å². The summed E-state index contributed by atoms with van der Waals surface area (Å²) in [4.78, 5) is 6.47. The van der Waals surface area contributed by atoms with Gasteiger partial charge in [-0.05, 0) is 17.7 Å². The van der Waals surface area contributed by atoms with Crippen LogP contribution in [0.25, 0.3) is 0 Å². The first-order chi connectivity index (χ1) is 9.36. The number of aromatic nitrogens is 1. The zero-order valence-electron chi connectivity index (χ0n) is 11.2. The molecule has 2 saturated heterocycles. The fourth-order valence-corrected chi connectivity index (χ4v) is 2.77. The zero-order chi connectivity index (χ0) is 13.0. The van der Waals surface area contributed by atoms with Gasteiger partial charge in [-0.3, -0.25) is 9.88 Å². The van der Waals surface area contributed by atoms with Crippen LogP contribution in [0.3, 0.4) is 0 Å². The molecule has 2 fully saturated rings. The smallest absolute Gasteiger partial charge is 0.116 e. The minimum absolute atomic E-state index is 0.179. The van der Waals surface area contributed by atoms with E-state index in [1.54, 1.807) is 0 Å². The van der Waals surface area contributed by atoms with E-state index in [2.05, 4.69) is 27.3 Å². The summed E-state index contributed by atoms with van der Waals surface area (Å²) in [5, 5.41) is 3.42. The second-order valence-corrected chi connectivity index (χ2v) is 5.33. The molecule has 5 heteroatoms. The molecule has 1 atom stereocenters. The van der Waals surface area contributed by atoms with Gasteiger partial charge in [-0.15, -0.1) is 0 Å². The largest absolute Gasteiger partial charge is 0.377 e. The van der Waals surface area contributed by atoms with Gasteiger partial charge in [-0.1, -0.05) is 0 Å². The third-order valence-corrected chi connectivity index (χ3v) is 3.72. The second-order valence-electron chi connectivity index (χ2n) is 5.33. The molecule has 104 valence electrons. The van der Waals surface area contributed by atoms with E-state index in [0.717, 1.165) is 45.9 Å². The molecule has 0 amide bonds. The molecule has 0 aliphatic carbocycles. The lowest BCUT2D eigenvalue weighted by molar-refractivity contribution is -0.108. The standard InChI is InChI=1S/C14H21N3O2/c1-3-15-4-2-13(1)9-17-6-8-18-12-14(11-17)10-16-5-7-19-14/h1-4,16H,5-12H2. The van der Waals surface area contributed by atoms with E-state index in [9.17, 15) is 0 Å². The molecule has 1 aromatic heterocycles. The zero-order valence-corrected chi connectivity index (χ0v) is 11.2. The SMILES string of the molecule is c1cc(CN2CCOCC3(CNCCO3)C2)ccn1. The summed E-state index contributed by atoms with van der Waals surface area (Å²) < 4.78 is 11.7. The summed E-state index contributed by atoms with van der Waals surface area (Å²) in [6.07, 6.45) is 3.69. The highest BCUT2D eigenvalue weighted by molar-refractivity contribution is 5.09. The predicted octanol–water partition coefficient (Wildman–Crippen LogP) is 0.272. The summed E-state index contributed by atoms with van der Waals surface area (Å²) in [6.45, 7) is 6.84. The Bertz CT molecular complexity index is 393. The first kappa shape index (κ1) is 13.0. The van der Waals surface area contributed by atoms with Gasteiger partial charge in [-0.2, -0.15) is 0 Å². The van der Waals surface area contributed by atoms with Gasteiger partial charge >= 0.3 is 0 Å². The summed E-state index contributed by atoms with van der Waals surface area (Å²) in [6, 6.07) is 4.14. The van der Waals surface area contributed by atoms with Crippen LogP contribution >= 0.6 is 0 Å². The molecule has 1 aromatic rings. The molecule has 3 heterocycles. The number of hydrogen-bond donors (Lipinski definition) is 1. The van der Waals surface area contributed by atoms with E-state index in [-0.39, 0.29) is 5.60 Å². The molecule has 5 nitrogen and oxygen atoms in total. The van der Waals surface area contributed by atoms with Crippen molar-refractivity contribution >= 4 is 0 Å². The molecule has 2 aliphatic heterocycles. The molecule has 0 radical (unpaired) electrons. The second kappa shape index (κ2) is 5.96. The summed E-state index contributed by atoms with van der Waals surface area (Å²) >= 11 is 0. The maximum atomic E-state index is 6.01. The van der Waals surface area contributed by atoms with Crippen LogP contribution in [0.1, 0.15) is 5.56 Å². The highest BCUT2D eigenvalue weighted by Gasteiger charge is 2.37. The van der Waals surface area contributed by atoms with Crippen LogP contribution in [0.15, 0.2) is 24.5 Å². The van der Waals surface area contributed by atoms with E-state index in [4.69, 9.17) is 9.47 Å². The minimum Gasteiger partial charge on any atom is -0.377 e. The van der Waals surface area contributed by atoms with E-state index in [1.165, 1.54) is 5.56 Å². The Balaban J connectivity index is 1.67. The fourth-order valence-electron chi connectivity index (χ4n) is 2.77. The van der Waals surface area contributed by atoms with Gasteiger partial charge < -0.3 is 14.8 Å². The van der Waals surface area contributed by atoms with Crippen LogP contribution in [0.2, 0.25) is 0 Å². The Hall–Kier alpha value is -1.01. The lowest BCUT2D eigenvalue weighted by Crippen LogP contribution is -2.57. The first-order valence-corrected chi connectivity index (χ1v) is 6.90. The van der Waals surface area contributed by atoms with E-state index in [0.29, 0.717) is 6.61 Å². The summed E-state index contributed by atoms with van der Waals surface area (Å²) in [5.74, 6) is 0. The molecule has 19 heavy (non-hydrogen) atoms. The lowest BCUT2D eigenvalue weighted by Gasteiger charge is -2.38. The molecular weight excluding hydrogens is 242 g/mol. The topological polar surface area (TPSA) is 46.6 Å². The lowest BCUT2D eigenvalue weighted by atomic mass is 10.0. The number of hydrogen-bond acceptors (Lipinski definition) is 5. The number of nitrogens with zero attached hydrogens (tertiary/aromatic N) is 2. The first-order valence-electron chi connectivity index (χ1n) is 6.90. The quantitative estimate of drug-likeness (QED) is 0.830. The number of ether oxygens (including phenoxy) is 2. The fraction of sp³-hybridized carbons (Fsp3) is 0.643. The van der Waals surface area contributed by atoms with Crippen molar-refractivity contribution in [2.24, 2.45) is 0 Å². The van der Waals surface area contributed by atoms with Crippen molar-refractivity contribution in [3.63, 3.8) is 0 Å². The van der Waals surface area contributed by atoms with Crippen LogP contribution in [-0.4, -0.2) is 61.5 Å². The minimum atomic E-state index is -0.179. The molecule has 1 unspecified atom stereocenters. The predicted molar refractivity (Wildman–Crippen MR) is 71.9 cm³/mol. The van der Waals surface area contributed by atoms with Crippen LogP contribution in [0, 0.1) is 0 Å². The van der Waals surface area contributed by atoms with Crippen molar-refractivity contribution < 1.29 is 9.47 Å². The third kappa shape index (κ3) is 3.30. The van der Waals surface area contributed by atoms with Crippen molar-refractivity contribution in [2.75, 3.05) is 46.0 Å². The maximum Gasteiger partial charge on any atom is 0.116 e. The van der Waals surface area contributed by atoms with Crippen LogP contribution in [0.4, 0.5) is 0 Å². The number of rotatable bonds is 2. The highest BCUT2D eigenvalue weighted by Crippen LogP contribution is 2.20. The maximum absolute atomic E-state index is 6.01. The van der Waals surface area contributed by atoms with Gasteiger partial charge in [-0.25, -0.2) is 0 Å². The van der Waals surface area contributed by atoms with Gasteiger partial charge in [0, 0.05) is 45.1 Å². The van der Waals surface area contributed by atoms with Gasteiger partial charge in [0.05, 0.1) is 19.8 Å². The number of nitrogens with one attached hydrogen (secondary N) is 1. The van der Waals surface area contributed by atoms with E-state index >= 15 is 0 Å². The molecule has 2 aliphatic rings. The number of pyridine rings is 1. The average molecular weight is 263 g/mol. The van der Waals surface area contributed by atoms with E-state index in [1.807, 2.05) is 12.4 Å². The average Bonchev–Trinajstić information content (AvgIpc) is 2.63. The van der Waals surface area contributed by atoms with Gasteiger partial charge in [0.25, 0.3) is 0 Å². The van der Waals surface area contributed by atoms with Crippen molar-refractivity contribution in [3.8, 4) is 0 Å². The molecule has 0 aromatic carbocycles. The Morgan fingerprint density at radius 3 is 3.00 bits per heavy atom. The van der Waals surface area contributed by atoms with Crippen LogP contribution in [-0.2, 0) is 16.0 Å². The van der Waals surface area contributed by atoms with Crippen LogP contribution < -0.4 is 5.32 Å². The summed E-state index contributed by atoms with van der Waals surface area (Å²) in [5.41, 5.74) is 1.11. The Morgan fingerprint density at radius 2 is 2.21 bits per heavy atom. The Kier molecular flexibility index (Phi) is 4.08. The van der Waals surface area contributed by atoms with Crippen LogP contribution in [0.5, 0.6) is 0 Å². The third-order valence-electron chi connectivity index (χ3n) is 3.72. The molecule has 0 saturated carbocycles. The molecular formula is C14H21N3O2. The van der Waals surface area contributed by atoms with E-state index < -0.39 is 0 Å². The molecule has 1 N–H and O–H groups in total. The van der Waals surface area contributed by atoms with Crippen molar-refractivity contribution in [2.45, 2.75) is 12.1 Å². The van der Waals surface area contributed by atoms with Gasteiger partial charge in [0.1, 0.15) is 5.60 Å². The molecule has 3 rings (SSSR count). The normalized spacial score (nSPS) is 29.3. The highest BCUT2D eigenvalue weighted by atomic mass is 16.5. The van der Waals surface area contributed by atoms with Crippen molar-refractivity contribution in [1.29, 1.82) is 0 Å².